The van der Waals surface area contributed by atoms with E-state index in [0.717, 1.165) is 27.9 Å². The molecule has 0 aliphatic heterocycles. The molecule has 0 bridgehead atoms. The fourth-order valence-corrected chi connectivity index (χ4v) is 4.07. The Kier molecular flexibility index (Phi) is 5.81. The standard InChI is InChI=1S/C23H21N3O2S/c1-28-18-12-13-19-20(14-18)26-23(25-19)29-21(17-10-6-3-7-11-17)22(27)24-15-16-8-4-2-5-9-16/h2-14,21H,15H2,1H3,(H,24,27)(H,25,26)/t21-/m1/s1. The maximum Gasteiger partial charge on any atom is 0.238 e. The van der Waals surface area contributed by atoms with Crippen LogP contribution in [0.1, 0.15) is 16.4 Å². The Hall–Kier alpha value is -3.25. The molecule has 1 amide bonds. The minimum atomic E-state index is -0.414. The van der Waals surface area contributed by atoms with E-state index in [1.807, 2.05) is 78.9 Å². The van der Waals surface area contributed by atoms with Crippen LogP contribution in [0.3, 0.4) is 0 Å². The molecule has 0 aliphatic carbocycles. The minimum Gasteiger partial charge on any atom is -0.497 e. The molecule has 0 fully saturated rings. The van der Waals surface area contributed by atoms with Crippen molar-refractivity contribution in [2.75, 3.05) is 7.11 Å². The van der Waals surface area contributed by atoms with Crippen LogP contribution >= 0.6 is 11.8 Å². The van der Waals surface area contributed by atoms with Crippen molar-refractivity contribution in [3.05, 3.63) is 90.0 Å². The zero-order chi connectivity index (χ0) is 20.1. The number of rotatable bonds is 7. The van der Waals surface area contributed by atoms with Gasteiger partial charge in [-0.25, -0.2) is 4.98 Å². The highest BCUT2D eigenvalue weighted by molar-refractivity contribution is 8.00. The lowest BCUT2D eigenvalue weighted by Crippen LogP contribution is -2.27. The fraction of sp³-hybridized carbons (Fsp3) is 0.130. The third kappa shape index (κ3) is 4.60. The molecule has 4 aromatic rings. The molecule has 1 aromatic heterocycles. The summed E-state index contributed by atoms with van der Waals surface area (Å²) >= 11 is 1.40. The van der Waals surface area contributed by atoms with E-state index >= 15 is 0 Å². The van der Waals surface area contributed by atoms with E-state index in [1.54, 1.807) is 7.11 Å². The monoisotopic (exact) mass is 403 g/mol. The Morgan fingerprint density at radius 3 is 2.52 bits per heavy atom. The lowest BCUT2D eigenvalue weighted by Gasteiger charge is -2.16. The first-order valence-electron chi connectivity index (χ1n) is 9.30. The Balaban J connectivity index is 1.56. The number of aromatic amines is 1. The van der Waals surface area contributed by atoms with Crippen molar-refractivity contribution in [3.8, 4) is 5.75 Å². The number of thioether (sulfide) groups is 1. The van der Waals surface area contributed by atoms with Gasteiger partial charge >= 0.3 is 0 Å². The van der Waals surface area contributed by atoms with Gasteiger partial charge in [-0.3, -0.25) is 4.79 Å². The Labute approximate surface area is 173 Å². The maximum absolute atomic E-state index is 13.0. The molecule has 0 saturated heterocycles. The first-order valence-corrected chi connectivity index (χ1v) is 10.2. The average molecular weight is 404 g/mol. The van der Waals surface area contributed by atoms with Crippen LogP contribution in [-0.4, -0.2) is 23.0 Å². The van der Waals surface area contributed by atoms with E-state index < -0.39 is 5.25 Å². The van der Waals surface area contributed by atoms with Crippen LogP contribution in [0, 0.1) is 0 Å². The Morgan fingerprint density at radius 1 is 1.07 bits per heavy atom. The smallest absolute Gasteiger partial charge is 0.238 e. The van der Waals surface area contributed by atoms with Gasteiger partial charge in [-0.05, 0) is 23.3 Å². The molecule has 4 rings (SSSR count). The Morgan fingerprint density at radius 2 is 1.79 bits per heavy atom. The highest BCUT2D eigenvalue weighted by Crippen LogP contribution is 2.35. The summed E-state index contributed by atoms with van der Waals surface area (Å²) < 4.78 is 5.28. The van der Waals surface area contributed by atoms with Gasteiger partial charge in [0, 0.05) is 12.6 Å². The third-order valence-electron chi connectivity index (χ3n) is 4.55. The van der Waals surface area contributed by atoms with Gasteiger partial charge in [-0.2, -0.15) is 0 Å². The van der Waals surface area contributed by atoms with Gasteiger partial charge < -0.3 is 15.0 Å². The van der Waals surface area contributed by atoms with E-state index in [2.05, 4.69) is 15.3 Å². The van der Waals surface area contributed by atoms with Gasteiger partial charge in [0.2, 0.25) is 5.91 Å². The number of ether oxygens (including phenoxy) is 1. The Bertz CT molecular complexity index is 1100. The summed E-state index contributed by atoms with van der Waals surface area (Å²) in [4.78, 5) is 21.0. The molecule has 2 N–H and O–H groups in total. The molecule has 0 spiro atoms. The number of H-pyrrole nitrogens is 1. The number of nitrogens with one attached hydrogen (secondary N) is 2. The van der Waals surface area contributed by atoms with Crippen LogP contribution < -0.4 is 10.1 Å². The van der Waals surface area contributed by atoms with Crippen molar-refractivity contribution in [1.82, 2.24) is 15.3 Å². The predicted molar refractivity (Wildman–Crippen MR) is 116 cm³/mol. The lowest BCUT2D eigenvalue weighted by molar-refractivity contribution is -0.120. The van der Waals surface area contributed by atoms with Crippen molar-refractivity contribution in [1.29, 1.82) is 0 Å². The molecule has 6 heteroatoms. The molecular formula is C23H21N3O2S. The maximum atomic E-state index is 13.0. The summed E-state index contributed by atoms with van der Waals surface area (Å²) in [5.74, 6) is 0.709. The number of aromatic nitrogens is 2. The zero-order valence-electron chi connectivity index (χ0n) is 16.0. The summed E-state index contributed by atoms with van der Waals surface area (Å²) in [6, 6.07) is 25.3. The van der Waals surface area contributed by atoms with Gasteiger partial charge in [0.05, 0.1) is 18.1 Å². The van der Waals surface area contributed by atoms with Gasteiger partial charge in [-0.1, -0.05) is 72.4 Å². The van der Waals surface area contributed by atoms with Crippen LogP contribution in [0.25, 0.3) is 11.0 Å². The van der Waals surface area contributed by atoms with Crippen LogP contribution in [0.4, 0.5) is 0 Å². The number of carbonyl (C=O) groups is 1. The highest BCUT2D eigenvalue weighted by atomic mass is 32.2. The number of fused-ring (bicyclic) bond motifs is 1. The molecule has 29 heavy (non-hydrogen) atoms. The SMILES string of the molecule is COc1ccc2nc(S[C@@H](C(=O)NCc3ccccc3)c3ccccc3)[nH]c2c1. The van der Waals surface area contributed by atoms with E-state index in [9.17, 15) is 4.79 Å². The third-order valence-corrected chi connectivity index (χ3v) is 5.69. The number of imidazole rings is 1. The molecule has 0 radical (unpaired) electrons. The van der Waals surface area contributed by atoms with Crippen molar-refractivity contribution in [2.45, 2.75) is 17.0 Å². The normalized spacial score (nSPS) is 11.9. The fourth-order valence-electron chi connectivity index (χ4n) is 3.04. The first-order chi connectivity index (χ1) is 14.2. The number of methoxy groups -OCH3 is 1. The van der Waals surface area contributed by atoms with E-state index in [1.165, 1.54) is 11.8 Å². The quantitative estimate of drug-likeness (QED) is 0.438. The van der Waals surface area contributed by atoms with Crippen molar-refractivity contribution < 1.29 is 9.53 Å². The van der Waals surface area contributed by atoms with E-state index in [0.29, 0.717) is 11.7 Å². The van der Waals surface area contributed by atoms with Crippen LogP contribution in [0.2, 0.25) is 0 Å². The number of carbonyl (C=O) groups excluding carboxylic acids is 1. The van der Waals surface area contributed by atoms with Crippen molar-refractivity contribution >= 4 is 28.7 Å². The summed E-state index contributed by atoms with van der Waals surface area (Å²) in [7, 11) is 1.63. The second-order valence-electron chi connectivity index (χ2n) is 6.54. The van der Waals surface area contributed by atoms with E-state index in [4.69, 9.17) is 4.74 Å². The summed E-state index contributed by atoms with van der Waals surface area (Å²) in [5.41, 5.74) is 3.71. The second-order valence-corrected chi connectivity index (χ2v) is 7.63. The molecule has 0 aliphatic rings. The van der Waals surface area contributed by atoms with Crippen LogP contribution in [0.15, 0.2) is 84.0 Å². The summed E-state index contributed by atoms with van der Waals surface area (Å²) in [6.07, 6.45) is 0. The lowest BCUT2D eigenvalue weighted by atomic mass is 10.1. The number of hydrogen-bond acceptors (Lipinski definition) is 4. The zero-order valence-corrected chi connectivity index (χ0v) is 16.8. The molecule has 146 valence electrons. The largest absolute Gasteiger partial charge is 0.497 e. The van der Waals surface area contributed by atoms with Gasteiger partial charge in [0.1, 0.15) is 11.0 Å². The topological polar surface area (TPSA) is 67.0 Å². The number of amides is 1. The molecule has 0 saturated carbocycles. The summed E-state index contributed by atoms with van der Waals surface area (Å²) in [5, 5.41) is 3.33. The minimum absolute atomic E-state index is 0.0527. The summed E-state index contributed by atoms with van der Waals surface area (Å²) in [6.45, 7) is 0.487. The van der Waals surface area contributed by atoms with Crippen molar-refractivity contribution in [2.24, 2.45) is 0 Å². The van der Waals surface area contributed by atoms with E-state index in [-0.39, 0.29) is 5.91 Å². The van der Waals surface area contributed by atoms with Gasteiger partial charge in [-0.15, -0.1) is 0 Å². The molecule has 1 atom stereocenters. The molecule has 3 aromatic carbocycles. The second kappa shape index (κ2) is 8.84. The first kappa shape index (κ1) is 19.1. The predicted octanol–water partition coefficient (Wildman–Crippen LogP) is 4.72. The molecule has 5 nitrogen and oxygen atoms in total. The average Bonchev–Trinajstić information content (AvgIpc) is 3.19. The van der Waals surface area contributed by atoms with Crippen molar-refractivity contribution in [3.63, 3.8) is 0 Å². The molecule has 0 unspecified atom stereocenters. The number of benzene rings is 3. The van der Waals surface area contributed by atoms with Gasteiger partial charge in [0.25, 0.3) is 0 Å². The molecular weight excluding hydrogens is 382 g/mol. The molecule has 1 heterocycles. The highest BCUT2D eigenvalue weighted by Gasteiger charge is 2.23. The van der Waals surface area contributed by atoms with Crippen LogP contribution in [-0.2, 0) is 11.3 Å². The van der Waals surface area contributed by atoms with Crippen LogP contribution in [0.5, 0.6) is 5.75 Å². The van der Waals surface area contributed by atoms with Gasteiger partial charge in [0.15, 0.2) is 5.16 Å². The number of nitrogens with zero attached hydrogens (tertiary/aromatic N) is 1. The number of hydrogen-bond donors (Lipinski definition) is 2.